The molecule has 1 heterocycles. The summed E-state index contributed by atoms with van der Waals surface area (Å²) in [5.74, 6) is 0.920. The first-order valence-electron chi connectivity index (χ1n) is 8.40. The van der Waals surface area contributed by atoms with Crippen LogP contribution in [0.4, 0.5) is 0 Å². The fraction of sp³-hybridized carbons (Fsp3) is 0.938. The van der Waals surface area contributed by atoms with E-state index in [1.54, 1.807) is 7.11 Å². The molecule has 1 fully saturated rings. The number of carbonyl (C=O) groups is 1. The lowest BCUT2D eigenvalue weighted by Crippen LogP contribution is -2.36. The number of nitrogens with two attached hydrogens (primary N) is 1. The second kappa shape index (κ2) is 11.0. The van der Waals surface area contributed by atoms with E-state index in [2.05, 4.69) is 11.8 Å². The summed E-state index contributed by atoms with van der Waals surface area (Å²) in [7, 11) is 1.74. The third kappa shape index (κ3) is 7.25. The van der Waals surface area contributed by atoms with Crippen LogP contribution < -0.4 is 5.73 Å². The van der Waals surface area contributed by atoms with Crippen molar-refractivity contribution in [3.05, 3.63) is 0 Å². The van der Waals surface area contributed by atoms with Crippen LogP contribution in [0.2, 0.25) is 0 Å². The van der Waals surface area contributed by atoms with E-state index in [1.165, 1.54) is 0 Å². The van der Waals surface area contributed by atoms with Crippen molar-refractivity contribution in [2.45, 2.75) is 39.0 Å². The van der Waals surface area contributed by atoms with Crippen LogP contribution >= 0.6 is 0 Å². The molecule has 0 aromatic rings. The average Bonchev–Trinajstić information content (AvgIpc) is 2.74. The second-order valence-electron chi connectivity index (χ2n) is 5.96. The zero-order valence-corrected chi connectivity index (χ0v) is 13.9. The van der Waals surface area contributed by atoms with Gasteiger partial charge in [0.15, 0.2) is 0 Å². The molecule has 124 valence electrons. The van der Waals surface area contributed by atoms with Gasteiger partial charge < -0.3 is 15.4 Å². The maximum atomic E-state index is 12.3. The first kappa shape index (κ1) is 18.4. The Morgan fingerprint density at radius 2 is 2.05 bits per heavy atom. The van der Waals surface area contributed by atoms with Gasteiger partial charge in [-0.2, -0.15) is 0 Å². The molecule has 2 N–H and O–H groups in total. The van der Waals surface area contributed by atoms with Crippen LogP contribution in [0.25, 0.3) is 0 Å². The minimum atomic E-state index is 0.319. The number of methoxy groups -OCH3 is 1. The van der Waals surface area contributed by atoms with Crippen molar-refractivity contribution < 1.29 is 9.53 Å². The molecule has 5 nitrogen and oxygen atoms in total. The normalized spacial score (nSPS) is 18.5. The van der Waals surface area contributed by atoms with E-state index in [4.69, 9.17) is 10.5 Å². The molecule has 0 bridgehead atoms. The topological polar surface area (TPSA) is 58.8 Å². The Morgan fingerprint density at radius 3 is 2.71 bits per heavy atom. The monoisotopic (exact) mass is 299 g/mol. The number of nitrogens with zero attached hydrogens (tertiary/aromatic N) is 2. The number of ether oxygens (including phenoxy) is 1. The van der Waals surface area contributed by atoms with E-state index < -0.39 is 0 Å². The summed E-state index contributed by atoms with van der Waals surface area (Å²) in [6, 6.07) is 0. The summed E-state index contributed by atoms with van der Waals surface area (Å²) in [5, 5.41) is 0. The van der Waals surface area contributed by atoms with Gasteiger partial charge in [-0.15, -0.1) is 0 Å². The van der Waals surface area contributed by atoms with Crippen molar-refractivity contribution >= 4 is 5.91 Å². The minimum absolute atomic E-state index is 0.319. The molecule has 21 heavy (non-hydrogen) atoms. The Morgan fingerprint density at radius 1 is 1.24 bits per heavy atom. The minimum Gasteiger partial charge on any atom is -0.383 e. The van der Waals surface area contributed by atoms with E-state index in [1.807, 2.05) is 4.90 Å². The van der Waals surface area contributed by atoms with Crippen molar-refractivity contribution in [3.63, 3.8) is 0 Å². The Hall–Kier alpha value is -0.650. The maximum Gasteiger partial charge on any atom is 0.222 e. The molecule has 0 aliphatic carbocycles. The molecule has 1 rings (SSSR count). The molecule has 1 amide bonds. The zero-order valence-electron chi connectivity index (χ0n) is 13.9. The highest BCUT2D eigenvalue weighted by atomic mass is 16.5. The molecule has 1 unspecified atom stereocenters. The van der Waals surface area contributed by atoms with Gasteiger partial charge in [-0.3, -0.25) is 9.69 Å². The number of hydrogen-bond acceptors (Lipinski definition) is 4. The van der Waals surface area contributed by atoms with E-state index in [0.717, 1.165) is 71.6 Å². The van der Waals surface area contributed by atoms with E-state index in [9.17, 15) is 4.79 Å². The zero-order chi connectivity index (χ0) is 15.5. The third-order valence-electron chi connectivity index (χ3n) is 4.47. The van der Waals surface area contributed by atoms with Crippen molar-refractivity contribution in [1.29, 1.82) is 0 Å². The van der Waals surface area contributed by atoms with Crippen molar-refractivity contribution in [3.8, 4) is 0 Å². The predicted octanol–water partition coefficient (Wildman–Crippen LogP) is 1.32. The first-order valence-corrected chi connectivity index (χ1v) is 8.40. The van der Waals surface area contributed by atoms with Crippen LogP contribution in [0.1, 0.15) is 39.0 Å². The van der Waals surface area contributed by atoms with Crippen molar-refractivity contribution in [1.82, 2.24) is 9.80 Å². The van der Waals surface area contributed by atoms with Gasteiger partial charge in [0, 0.05) is 39.7 Å². The highest BCUT2D eigenvalue weighted by molar-refractivity contribution is 5.76. The predicted molar refractivity (Wildman–Crippen MR) is 86.2 cm³/mol. The molecule has 0 aromatic heterocycles. The third-order valence-corrected chi connectivity index (χ3v) is 4.47. The molecular weight excluding hydrogens is 266 g/mol. The molecule has 5 heteroatoms. The van der Waals surface area contributed by atoms with Crippen LogP contribution in [-0.2, 0) is 9.53 Å². The molecule has 0 spiro atoms. The molecule has 1 aliphatic heterocycles. The fourth-order valence-electron chi connectivity index (χ4n) is 2.94. The first-order chi connectivity index (χ1) is 10.2. The van der Waals surface area contributed by atoms with Gasteiger partial charge in [-0.25, -0.2) is 0 Å². The Balaban J connectivity index is 2.30. The summed E-state index contributed by atoms with van der Waals surface area (Å²) in [6.07, 6.45) is 4.88. The summed E-state index contributed by atoms with van der Waals surface area (Å²) in [4.78, 5) is 16.8. The van der Waals surface area contributed by atoms with Crippen LogP contribution in [-0.4, -0.2) is 68.7 Å². The van der Waals surface area contributed by atoms with Crippen LogP contribution in [0.5, 0.6) is 0 Å². The lowest BCUT2D eigenvalue weighted by Gasteiger charge is -2.23. The van der Waals surface area contributed by atoms with E-state index in [-0.39, 0.29) is 0 Å². The lowest BCUT2D eigenvalue weighted by molar-refractivity contribution is -0.131. The SMILES string of the molecule is CCC(CCN)CCC(=O)N1CCCN(CCOC)CC1. The standard InChI is InChI=1S/C16H33N3O2/c1-3-15(7-8-17)5-6-16(20)19-10-4-9-18(11-12-19)13-14-21-2/h15H,3-14,17H2,1-2H3. The van der Waals surface area contributed by atoms with Crippen LogP contribution in [0, 0.1) is 5.92 Å². The van der Waals surface area contributed by atoms with Gasteiger partial charge in [-0.05, 0) is 38.3 Å². The molecule has 1 aliphatic rings. The molecule has 0 saturated carbocycles. The number of rotatable bonds is 9. The smallest absolute Gasteiger partial charge is 0.222 e. The highest BCUT2D eigenvalue weighted by Gasteiger charge is 2.19. The van der Waals surface area contributed by atoms with Gasteiger partial charge in [0.25, 0.3) is 0 Å². The molecule has 0 radical (unpaired) electrons. The summed E-state index contributed by atoms with van der Waals surface area (Å²) < 4.78 is 5.13. The van der Waals surface area contributed by atoms with Gasteiger partial charge in [0.1, 0.15) is 0 Å². The highest BCUT2D eigenvalue weighted by Crippen LogP contribution is 2.16. The second-order valence-corrected chi connectivity index (χ2v) is 5.96. The number of carbonyl (C=O) groups excluding carboxylic acids is 1. The largest absolute Gasteiger partial charge is 0.383 e. The molecular formula is C16H33N3O2. The quantitative estimate of drug-likeness (QED) is 0.697. The summed E-state index contributed by atoms with van der Waals surface area (Å²) in [5.41, 5.74) is 5.62. The molecule has 1 saturated heterocycles. The van der Waals surface area contributed by atoms with Crippen LogP contribution in [0.3, 0.4) is 0 Å². The van der Waals surface area contributed by atoms with Gasteiger partial charge in [0.2, 0.25) is 5.91 Å². The van der Waals surface area contributed by atoms with Gasteiger partial charge >= 0.3 is 0 Å². The average molecular weight is 299 g/mol. The van der Waals surface area contributed by atoms with Crippen molar-refractivity contribution in [2.75, 3.05) is 53.0 Å². The Labute approximate surface area is 129 Å². The van der Waals surface area contributed by atoms with Crippen molar-refractivity contribution in [2.24, 2.45) is 11.7 Å². The Kier molecular flexibility index (Phi) is 9.63. The number of amides is 1. The molecule has 1 atom stereocenters. The summed E-state index contributed by atoms with van der Waals surface area (Å²) >= 11 is 0. The maximum absolute atomic E-state index is 12.3. The van der Waals surface area contributed by atoms with Gasteiger partial charge in [0.05, 0.1) is 6.61 Å². The van der Waals surface area contributed by atoms with Crippen LogP contribution in [0.15, 0.2) is 0 Å². The summed E-state index contributed by atoms with van der Waals surface area (Å²) in [6.45, 7) is 8.44. The van der Waals surface area contributed by atoms with E-state index in [0.29, 0.717) is 18.2 Å². The van der Waals surface area contributed by atoms with E-state index >= 15 is 0 Å². The fourth-order valence-corrected chi connectivity index (χ4v) is 2.94. The molecule has 0 aromatic carbocycles. The van der Waals surface area contributed by atoms with Gasteiger partial charge in [-0.1, -0.05) is 13.3 Å². The lowest BCUT2D eigenvalue weighted by atomic mass is 9.96. The Bertz CT molecular complexity index is 287. The number of hydrogen-bond donors (Lipinski definition) is 1.